The third kappa shape index (κ3) is 9.53. The first kappa shape index (κ1) is 37.7. The fourth-order valence-electron chi connectivity index (χ4n) is 5.14. The van der Waals surface area contributed by atoms with Crippen LogP contribution in [-0.4, -0.2) is 3.21 Å². The van der Waals surface area contributed by atoms with Gasteiger partial charge in [-0.15, -0.1) is 39.7 Å². The molecule has 0 heterocycles. The Labute approximate surface area is 293 Å². The summed E-state index contributed by atoms with van der Waals surface area (Å²) >= 11 is 1.46. The number of hydrogen-bond acceptors (Lipinski definition) is 0. The van der Waals surface area contributed by atoms with Crippen LogP contribution in [0.1, 0.15) is 67.5 Å². The molecule has 0 spiro atoms. The molecule has 1 aliphatic carbocycles. The fourth-order valence-corrected chi connectivity index (χ4v) is 5.96. The van der Waals surface area contributed by atoms with Crippen molar-refractivity contribution in [3.8, 4) is 0 Å². The molecule has 44 heavy (non-hydrogen) atoms. The van der Waals surface area contributed by atoms with E-state index in [1.165, 1.54) is 94.4 Å². The molecule has 0 saturated carbocycles. The van der Waals surface area contributed by atoms with Gasteiger partial charge in [-0.05, 0) is 27.7 Å². The molecule has 228 valence electrons. The molecule has 1 aliphatic rings. The van der Waals surface area contributed by atoms with E-state index in [1.54, 1.807) is 0 Å². The second-order valence-corrected chi connectivity index (χ2v) is 13.7. The second-order valence-electron chi connectivity index (χ2n) is 12.5. The Morgan fingerprint density at radius 1 is 0.705 bits per heavy atom. The van der Waals surface area contributed by atoms with Crippen LogP contribution in [-0.2, 0) is 24.2 Å². The van der Waals surface area contributed by atoms with Crippen molar-refractivity contribution in [3.05, 3.63) is 148 Å². The van der Waals surface area contributed by atoms with Crippen LogP contribution >= 0.6 is 0 Å². The van der Waals surface area contributed by atoms with Crippen LogP contribution in [0.2, 0.25) is 0 Å². The van der Waals surface area contributed by atoms with Gasteiger partial charge >= 0.3 is 99.2 Å². The van der Waals surface area contributed by atoms with Crippen LogP contribution < -0.4 is 24.8 Å². The molecule has 0 aliphatic heterocycles. The van der Waals surface area contributed by atoms with Crippen molar-refractivity contribution < 1.29 is 49.0 Å². The second kappa shape index (κ2) is 16.8. The summed E-state index contributed by atoms with van der Waals surface area (Å²) in [5.74, 6) is 0.573. The van der Waals surface area contributed by atoms with Gasteiger partial charge in [0.05, 0.1) is 0 Å². The molecule has 0 nitrogen and oxygen atoms in total. The van der Waals surface area contributed by atoms with E-state index < -0.39 is 0 Å². The van der Waals surface area contributed by atoms with Gasteiger partial charge in [-0.3, -0.25) is 6.08 Å². The monoisotopic (exact) mass is 696 g/mol. The van der Waals surface area contributed by atoms with E-state index in [0.717, 1.165) is 0 Å². The van der Waals surface area contributed by atoms with E-state index in [0.29, 0.717) is 11.3 Å². The predicted octanol–water partition coefficient (Wildman–Crippen LogP) is 5.11. The molecule has 0 radical (unpaired) electrons. The maximum absolute atomic E-state index is 3.35. The summed E-state index contributed by atoms with van der Waals surface area (Å²) in [7, 11) is 0. The summed E-state index contributed by atoms with van der Waals surface area (Å²) in [4.78, 5) is 0. The van der Waals surface area contributed by atoms with Crippen LogP contribution in [0.3, 0.4) is 0 Å². The maximum atomic E-state index is 3.35. The Morgan fingerprint density at radius 2 is 1.11 bits per heavy atom. The van der Waals surface area contributed by atoms with E-state index in [4.69, 9.17) is 0 Å². The van der Waals surface area contributed by atoms with Gasteiger partial charge in [0.2, 0.25) is 0 Å². The molecule has 0 aromatic heterocycles. The van der Waals surface area contributed by atoms with E-state index in [-0.39, 0.29) is 24.8 Å². The van der Waals surface area contributed by atoms with Gasteiger partial charge in [-0.2, -0.15) is 11.6 Å². The summed E-state index contributed by atoms with van der Waals surface area (Å²) in [6.45, 7) is 17.7. The van der Waals surface area contributed by atoms with Gasteiger partial charge in [0, 0.05) is 0 Å². The van der Waals surface area contributed by atoms with Crippen molar-refractivity contribution >= 4 is 24.8 Å². The van der Waals surface area contributed by atoms with Crippen molar-refractivity contribution in [1.82, 2.24) is 0 Å². The average Bonchev–Trinajstić information content (AvgIpc) is 3.60. The zero-order valence-electron chi connectivity index (χ0n) is 27.4. The molecule has 3 heteroatoms. The molecular formula is C41H44Cl2Zr-2. The third-order valence-corrected chi connectivity index (χ3v) is 9.62. The Bertz CT molecular complexity index is 1630. The zero-order chi connectivity index (χ0) is 30.4. The summed E-state index contributed by atoms with van der Waals surface area (Å²) < 4.78 is 1.42. The molecule has 6 rings (SSSR count). The van der Waals surface area contributed by atoms with Gasteiger partial charge in [0.1, 0.15) is 0 Å². The summed E-state index contributed by atoms with van der Waals surface area (Å²) in [6.07, 6.45) is 9.00. The number of aryl methyl sites for hydroxylation is 4. The first-order valence-electron chi connectivity index (χ1n) is 15.1. The van der Waals surface area contributed by atoms with Crippen LogP contribution in [0.5, 0.6) is 0 Å². The Hall–Kier alpha value is -2.44. The fraction of sp³-hybridized carbons (Fsp3) is 0.268. The Kier molecular flexibility index (Phi) is 14.4. The number of halogens is 2. The molecule has 0 fully saturated rings. The van der Waals surface area contributed by atoms with Gasteiger partial charge in [0.25, 0.3) is 0 Å². The van der Waals surface area contributed by atoms with Crippen LogP contribution in [0.25, 0.3) is 21.5 Å². The molecule has 5 aromatic rings. The molecule has 0 bridgehead atoms. The molecule has 1 unspecified atom stereocenters. The van der Waals surface area contributed by atoms with E-state index in [9.17, 15) is 0 Å². The molecule has 5 aromatic carbocycles. The minimum absolute atomic E-state index is 0. The Morgan fingerprint density at radius 3 is 1.45 bits per heavy atom. The zero-order valence-corrected chi connectivity index (χ0v) is 31.3. The average molecular weight is 699 g/mol. The van der Waals surface area contributed by atoms with Crippen molar-refractivity contribution in [2.24, 2.45) is 11.3 Å². The SMILES string of the molecule is CCC1[C-]=CC(C(C)(C)C)=C1.Cc1cc2[cH-]c3cc(C)c(C)cc3c2cc1C.[Cl-].[Cl-].[Zr+2]=[C](c1ccccc1)c1ccccc1. The van der Waals surface area contributed by atoms with Gasteiger partial charge in [-0.1, -0.05) is 79.8 Å². The molecule has 1 atom stereocenters. The van der Waals surface area contributed by atoms with Crippen molar-refractivity contribution in [3.63, 3.8) is 0 Å². The summed E-state index contributed by atoms with van der Waals surface area (Å²) in [5.41, 5.74) is 9.91. The number of benzene rings is 4. The number of allylic oxidation sites excluding steroid dienone is 4. The Balaban J connectivity index is 0.000000231. The van der Waals surface area contributed by atoms with Crippen LogP contribution in [0.15, 0.2) is 109 Å². The van der Waals surface area contributed by atoms with Crippen molar-refractivity contribution in [2.45, 2.75) is 61.8 Å². The van der Waals surface area contributed by atoms with Crippen LogP contribution in [0.4, 0.5) is 0 Å². The number of hydrogen-bond donors (Lipinski definition) is 0. The molecular weight excluding hydrogens is 655 g/mol. The van der Waals surface area contributed by atoms with Gasteiger partial charge < -0.3 is 24.8 Å². The van der Waals surface area contributed by atoms with Gasteiger partial charge in [0.15, 0.2) is 0 Å². The summed E-state index contributed by atoms with van der Waals surface area (Å²) in [5, 5.41) is 5.53. The molecule has 0 N–H and O–H groups in total. The van der Waals surface area contributed by atoms with Gasteiger partial charge in [-0.25, -0.2) is 6.08 Å². The normalized spacial score (nSPS) is 13.6. The van der Waals surface area contributed by atoms with E-state index in [1.807, 2.05) is 0 Å². The predicted molar refractivity (Wildman–Crippen MR) is 181 cm³/mol. The first-order chi connectivity index (χ1) is 20.0. The van der Waals surface area contributed by atoms with E-state index >= 15 is 0 Å². The van der Waals surface area contributed by atoms with Crippen molar-refractivity contribution in [2.75, 3.05) is 0 Å². The number of rotatable bonds is 3. The number of fused-ring (bicyclic) bond motifs is 3. The standard InChI is InChI=1S/C17H17.C13H10.C11H17.2ClH.Zr/c1-10-5-14-9-15-6-11(2)13(4)8-17(15)16(14)7-12(10)3;1-3-7-12(8-4-1)11-13-9-5-2-6-10-13;1-5-9-6-7-10(8-9)11(2,3)4;;;/h5-9H,1-4H3;1-10H;7-9H,5H2,1-4H3;2*1H;/q-1;;-1;;;+2/p-2. The topological polar surface area (TPSA) is 0 Å². The first-order valence-corrected chi connectivity index (χ1v) is 16.3. The summed E-state index contributed by atoms with van der Waals surface area (Å²) in [6, 6.07) is 32.7. The quantitative estimate of drug-likeness (QED) is 0.230. The molecule has 0 saturated heterocycles. The minimum atomic E-state index is 0. The third-order valence-electron chi connectivity index (χ3n) is 8.20. The van der Waals surface area contributed by atoms with Crippen molar-refractivity contribution in [1.29, 1.82) is 0 Å². The molecule has 0 amide bonds. The van der Waals surface area contributed by atoms with E-state index in [2.05, 4.69) is 165 Å². The van der Waals surface area contributed by atoms with Crippen LogP contribution in [0, 0.1) is 45.1 Å².